The fourth-order valence-electron chi connectivity index (χ4n) is 0.981. The van der Waals surface area contributed by atoms with E-state index in [0.29, 0.717) is 11.3 Å². The fourth-order valence-corrected chi connectivity index (χ4v) is 0.981. The minimum Gasteiger partial charge on any atom is -0.398 e. The number of hydrogen-bond donors (Lipinski definition) is 2. The first-order chi connectivity index (χ1) is 6.13. The third-order valence-corrected chi connectivity index (χ3v) is 1.53. The average molecular weight is 176 g/mol. The van der Waals surface area contributed by atoms with Crippen molar-refractivity contribution in [2.45, 2.75) is 0 Å². The first kappa shape index (κ1) is 9.36. The molecule has 4 nitrogen and oxygen atoms in total. The Morgan fingerprint density at radius 2 is 2.15 bits per heavy atom. The number of nitrogens with two attached hydrogens (primary N) is 1. The van der Waals surface area contributed by atoms with Gasteiger partial charge in [0.25, 0.3) is 0 Å². The van der Waals surface area contributed by atoms with E-state index < -0.39 is 0 Å². The van der Waals surface area contributed by atoms with E-state index in [0.717, 1.165) is 5.69 Å². The van der Waals surface area contributed by atoms with E-state index in [1.807, 2.05) is 26.2 Å². The number of hydrazine groups is 1. The van der Waals surface area contributed by atoms with Crippen molar-refractivity contribution in [1.29, 1.82) is 5.26 Å². The Morgan fingerprint density at radius 1 is 1.46 bits per heavy atom. The lowest BCUT2D eigenvalue weighted by atomic mass is 10.2. The highest BCUT2D eigenvalue weighted by Crippen LogP contribution is 2.16. The summed E-state index contributed by atoms with van der Waals surface area (Å²) in [7, 11) is 3.75. The van der Waals surface area contributed by atoms with E-state index in [-0.39, 0.29) is 0 Å². The van der Waals surface area contributed by atoms with Gasteiger partial charge in [0.15, 0.2) is 0 Å². The zero-order valence-corrected chi connectivity index (χ0v) is 7.70. The summed E-state index contributed by atoms with van der Waals surface area (Å²) in [5, 5.41) is 10.5. The van der Waals surface area contributed by atoms with E-state index in [9.17, 15) is 0 Å². The Kier molecular flexibility index (Phi) is 2.72. The molecule has 0 unspecified atom stereocenters. The number of nitrogen functional groups attached to an aromatic ring is 1. The van der Waals surface area contributed by atoms with Gasteiger partial charge in [0.2, 0.25) is 0 Å². The van der Waals surface area contributed by atoms with E-state index in [4.69, 9.17) is 11.0 Å². The number of nitrogens with one attached hydrogen (secondary N) is 1. The molecule has 0 aromatic heterocycles. The van der Waals surface area contributed by atoms with Crippen LogP contribution in [-0.4, -0.2) is 19.1 Å². The van der Waals surface area contributed by atoms with Gasteiger partial charge in [0.05, 0.1) is 11.3 Å². The first-order valence-electron chi connectivity index (χ1n) is 3.87. The molecule has 68 valence electrons. The predicted octanol–water partition coefficient (Wildman–Crippen LogP) is 1.03. The molecule has 0 spiro atoms. The van der Waals surface area contributed by atoms with E-state index in [2.05, 4.69) is 5.43 Å². The summed E-state index contributed by atoms with van der Waals surface area (Å²) >= 11 is 0. The average Bonchev–Trinajstić information content (AvgIpc) is 2.07. The van der Waals surface area contributed by atoms with Crippen LogP contribution in [-0.2, 0) is 0 Å². The molecule has 1 rings (SSSR count). The largest absolute Gasteiger partial charge is 0.398 e. The van der Waals surface area contributed by atoms with Crippen molar-refractivity contribution in [2.24, 2.45) is 0 Å². The third-order valence-electron chi connectivity index (χ3n) is 1.53. The van der Waals surface area contributed by atoms with Crippen LogP contribution >= 0.6 is 0 Å². The van der Waals surface area contributed by atoms with Gasteiger partial charge in [0.1, 0.15) is 6.07 Å². The highest BCUT2D eigenvalue weighted by molar-refractivity contribution is 5.61. The minimum atomic E-state index is 0.492. The van der Waals surface area contributed by atoms with Crippen molar-refractivity contribution < 1.29 is 0 Å². The molecule has 1 aromatic carbocycles. The predicted molar refractivity (Wildman–Crippen MR) is 52.9 cm³/mol. The summed E-state index contributed by atoms with van der Waals surface area (Å²) in [6.07, 6.45) is 0. The number of anilines is 2. The first-order valence-corrected chi connectivity index (χ1v) is 3.87. The number of hydrogen-bond acceptors (Lipinski definition) is 4. The molecular weight excluding hydrogens is 164 g/mol. The second-order valence-electron chi connectivity index (χ2n) is 2.92. The topological polar surface area (TPSA) is 65.1 Å². The summed E-state index contributed by atoms with van der Waals surface area (Å²) in [5.41, 5.74) is 10.5. The summed E-state index contributed by atoms with van der Waals surface area (Å²) in [5.74, 6) is 0. The lowest BCUT2D eigenvalue weighted by Gasteiger charge is -2.13. The van der Waals surface area contributed by atoms with Gasteiger partial charge in [-0.05, 0) is 18.2 Å². The smallest absolute Gasteiger partial charge is 0.101 e. The number of nitriles is 1. The van der Waals surface area contributed by atoms with Crippen molar-refractivity contribution in [2.75, 3.05) is 25.3 Å². The molecule has 0 saturated heterocycles. The van der Waals surface area contributed by atoms with Gasteiger partial charge in [-0.3, -0.25) is 0 Å². The van der Waals surface area contributed by atoms with Crippen molar-refractivity contribution in [3.05, 3.63) is 23.8 Å². The van der Waals surface area contributed by atoms with Crippen molar-refractivity contribution >= 4 is 11.4 Å². The van der Waals surface area contributed by atoms with Crippen molar-refractivity contribution in [3.8, 4) is 6.07 Å². The number of benzene rings is 1. The van der Waals surface area contributed by atoms with Gasteiger partial charge >= 0.3 is 0 Å². The van der Waals surface area contributed by atoms with Gasteiger partial charge in [-0.25, -0.2) is 5.01 Å². The number of nitrogens with zero attached hydrogens (tertiary/aromatic N) is 2. The normalized spacial score (nSPS) is 9.69. The Morgan fingerprint density at radius 3 is 2.69 bits per heavy atom. The van der Waals surface area contributed by atoms with Gasteiger partial charge in [-0.1, -0.05) is 0 Å². The maximum Gasteiger partial charge on any atom is 0.101 e. The molecule has 0 fully saturated rings. The van der Waals surface area contributed by atoms with E-state index in [1.54, 1.807) is 17.1 Å². The molecule has 4 heteroatoms. The lowest BCUT2D eigenvalue weighted by molar-refractivity contribution is 0.495. The molecule has 0 aliphatic carbocycles. The fraction of sp³-hybridized carbons (Fsp3) is 0.222. The second kappa shape index (κ2) is 3.78. The van der Waals surface area contributed by atoms with Gasteiger partial charge in [-0.2, -0.15) is 5.26 Å². The van der Waals surface area contributed by atoms with Crippen molar-refractivity contribution in [1.82, 2.24) is 5.01 Å². The molecule has 3 N–H and O–H groups in total. The SMILES string of the molecule is CN(C)Nc1ccc(N)c(C#N)c1. The monoisotopic (exact) mass is 176 g/mol. The number of rotatable bonds is 2. The van der Waals surface area contributed by atoms with E-state index >= 15 is 0 Å². The highest BCUT2D eigenvalue weighted by Gasteiger charge is 1.99. The summed E-state index contributed by atoms with van der Waals surface area (Å²) < 4.78 is 0. The van der Waals surface area contributed by atoms with Crippen molar-refractivity contribution in [3.63, 3.8) is 0 Å². The molecule has 0 aliphatic heterocycles. The Bertz CT molecular complexity index is 338. The highest BCUT2D eigenvalue weighted by atomic mass is 15.5. The van der Waals surface area contributed by atoms with Crippen LogP contribution in [0.5, 0.6) is 0 Å². The summed E-state index contributed by atoms with van der Waals surface area (Å²) in [4.78, 5) is 0. The van der Waals surface area contributed by atoms with Gasteiger partial charge < -0.3 is 11.2 Å². The zero-order chi connectivity index (χ0) is 9.84. The molecule has 0 bridgehead atoms. The Balaban J connectivity index is 2.95. The molecular formula is C9H12N4. The van der Waals surface area contributed by atoms with Crippen LogP contribution in [0.4, 0.5) is 11.4 Å². The van der Waals surface area contributed by atoms with Crippen LogP contribution in [0.25, 0.3) is 0 Å². The molecule has 13 heavy (non-hydrogen) atoms. The van der Waals surface area contributed by atoms with Crippen LogP contribution in [0.2, 0.25) is 0 Å². The van der Waals surface area contributed by atoms with Crippen LogP contribution in [0.3, 0.4) is 0 Å². The quantitative estimate of drug-likeness (QED) is 0.521. The summed E-state index contributed by atoms with van der Waals surface area (Å²) in [6, 6.07) is 7.29. The van der Waals surface area contributed by atoms with Crippen LogP contribution in [0.1, 0.15) is 5.56 Å². The molecule has 0 heterocycles. The molecule has 0 saturated carbocycles. The van der Waals surface area contributed by atoms with Crippen LogP contribution in [0, 0.1) is 11.3 Å². The Hall–Kier alpha value is -1.73. The Labute approximate surface area is 77.5 Å². The molecule has 1 aromatic rings. The lowest BCUT2D eigenvalue weighted by Crippen LogP contribution is -2.19. The standard InChI is InChI=1S/C9H12N4/c1-13(2)12-8-3-4-9(11)7(5-8)6-10/h3-5,12H,11H2,1-2H3. The van der Waals surface area contributed by atoms with Crippen LogP contribution < -0.4 is 11.2 Å². The molecule has 0 amide bonds. The van der Waals surface area contributed by atoms with Gasteiger partial charge in [0, 0.05) is 19.8 Å². The zero-order valence-electron chi connectivity index (χ0n) is 7.70. The minimum absolute atomic E-state index is 0.492. The third kappa shape index (κ3) is 2.36. The molecule has 0 aliphatic rings. The summed E-state index contributed by atoms with van der Waals surface area (Å²) in [6.45, 7) is 0. The van der Waals surface area contributed by atoms with E-state index in [1.165, 1.54) is 0 Å². The maximum absolute atomic E-state index is 8.71. The second-order valence-corrected chi connectivity index (χ2v) is 2.92. The maximum atomic E-state index is 8.71. The van der Waals surface area contributed by atoms with Gasteiger partial charge in [-0.15, -0.1) is 0 Å². The molecule has 0 radical (unpaired) electrons. The van der Waals surface area contributed by atoms with Crippen LogP contribution in [0.15, 0.2) is 18.2 Å². The molecule has 0 atom stereocenters.